The summed E-state index contributed by atoms with van der Waals surface area (Å²) in [6, 6.07) is 12.4. The maximum Gasteiger partial charge on any atom is 0.387 e. The largest absolute Gasteiger partial charge is 0.432 e. The van der Waals surface area contributed by atoms with Crippen LogP contribution in [0, 0.1) is 0 Å². The molecule has 7 nitrogen and oxygen atoms in total. The second-order valence-electron chi connectivity index (χ2n) is 5.42. The molecule has 0 aliphatic heterocycles. The first-order valence-corrected chi connectivity index (χ1v) is 7.60. The summed E-state index contributed by atoms with van der Waals surface area (Å²) in [5.41, 5.74) is 8.22. The maximum atomic E-state index is 12.8. The van der Waals surface area contributed by atoms with E-state index in [1.807, 2.05) is 30.3 Å². The molecule has 4 aromatic rings. The van der Waals surface area contributed by atoms with Crippen molar-refractivity contribution in [3.8, 4) is 28.3 Å². The average Bonchev–Trinajstić information content (AvgIpc) is 3.11. The van der Waals surface area contributed by atoms with Crippen LogP contribution in [0.5, 0.6) is 5.75 Å². The predicted octanol–water partition coefficient (Wildman–Crippen LogP) is 3.27. The Morgan fingerprint density at radius 3 is 2.58 bits per heavy atom. The Kier molecular flexibility index (Phi) is 3.88. The second kappa shape index (κ2) is 6.36. The van der Waals surface area contributed by atoms with Crippen LogP contribution in [0.4, 0.5) is 14.7 Å². The van der Waals surface area contributed by atoms with E-state index in [9.17, 15) is 8.78 Å². The van der Waals surface area contributed by atoms with Crippen LogP contribution in [0.1, 0.15) is 0 Å². The standard InChI is InChI=1S/C17H12F2N6O/c18-16(19)26-12-7-10(6-11-8-21-23-13(11)12)15-14(22-17(20)25-24-15)9-4-2-1-3-5-9/h1-8,16H,(H,21,23)(H2,20,22,25). The Bertz CT molecular complexity index is 1070. The van der Waals surface area contributed by atoms with E-state index < -0.39 is 6.61 Å². The molecule has 2 heterocycles. The third-order valence-corrected chi connectivity index (χ3v) is 3.75. The molecule has 3 N–H and O–H groups in total. The Hall–Kier alpha value is -3.62. The topological polar surface area (TPSA) is 103 Å². The van der Waals surface area contributed by atoms with Gasteiger partial charge in [-0.2, -0.15) is 13.9 Å². The first-order valence-electron chi connectivity index (χ1n) is 7.60. The third-order valence-electron chi connectivity index (χ3n) is 3.75. The lowest BCUT2D eigenvalue weighted by Crippen LogP contribution is -2.04. The highest BCUT2D eigenvalue weighted by atomic mass is 19.3. The Morgan fingerprint density at radius 1 is 1.00 bits per heavy atom. The molecule has 0 aliphatic carbocycles. The predicted molar refractivity (Wildman–Crippen MR) is 91.4 cm³/mol. The molecule has 0 fully saturated rings. The lowest BCUT2D eigenvalue weighted by molar-refractivity contribution is -0.0488. The van der Waals surface area contributed by atoms with Gasteiger partial charge in [0.25, 0.3) is 0 Å². The van der Waals surface area contributed by atoms with Gasteiger partial charge in [-0.3, -0.25) is 5.10 Å². The Balaban J connectivity index is 1.93. The number of aromatic amines is 1. The number of rotatable bonds is 4. The maximum absolute atomic E-state index is 12.8. The van der Waals surface area contributed by atoms with Gasteiger partial charge in [0.05, 0.1) is 6.20 Å². The van der Waals surface area contributed by atoms with E-state index in [0.29, 0.717) is 27.9 Å². The van der Waals surface area contributed by atoms with Gasteiger partial charge in [-0.25, -0.2) is 4.98 Å². The minimum absolute atomic E-state index is 0.0149. The number of H-pyrrole nitrogens is 1. The van der Waals surface area contributed by atoms with Crippen LogP contribution in [0.3, 0.4) is 0 Å². The number of anilines is 1. The number of nitrogens with two attached hydrogens (primary N) is 1. The van der Waals surface area contributed by atoms with Crippen molar-refractivity contribution in [2.24, 2.45) is 0 Å². The van der Waals surface area contributed by atoms with Crippen molar-refractivity contribution < 1.29 is 13.5 Å². The van der Waals surface area contributed by atoms with Crippen LogP contribution < -0.4 is 10.5 Å². The molecule has 2 aromatic carbocycles. The minimum Gasteiger partial charge on any atom is -0.432 e. The molecule has 26 heavy (non-hydrogen) atoms. The van der Waals surface area contributed by atoms with Gasteiger partial charge in [-0.05, 0) is 12.1 Å². The molecule has 0 saturated carbocycles. The zero-order chi connectivity index (χ0) is 18.1. The van der Waals surface area contributed by atoms with Crippen molar-refractivity contribution in [1.82, 2.24) is 25.4 Å². The number of nitrogens with zero attached hydrogens (tertiary/aromatic N) is 4. The zero-order valence-electron chi connectivity index (χ0n) is 13.2. The molecule has 4 rings (SSSR count). The number of hydrogen-bond acceptors (Lipinski definition) is 6. The molecule has 0 unspecified atom stereocenters. The highest BCUT2D eigenvalue weighted by Gasteiger charge is 2.17. The molecule has 9 heteroatoms. The fourth-order valence-corrected chi connectivity index (χ4v) is 2.68. The zero-order valence-corrected chi connectivity index (χ0v) is 13.2. The van der Waals surface area contributed by atoms with Crippen LogP contribution in [-0.2, 0) is 0 Å². The third kappa shape index (κ3) is 2.90. The summed E-state index contributed by atoms with van der Waals surface area (Å²) in [5, 5.41) is 15.0. The summed E-state index contributed by atoms with van der Waals surface area (Å²) >= 11 is 0. The fourth-order valence-electron chi connectivity index (χ4n) is 2.68. The SMILES string of the molecule is Nc1nnc(-c2cc(OC(F)F)c3[nH]ncc3c2)c(-c2ccccc2)n1. The van der Waals surface area contributed by atoms with Crippen molar-refractivity contribution in [2.45, 2.75) is 6.61 Å². The highest BCUT2D eigenvalue weighted by molar-refractivity contribution is 5.91. The molecule has 0 aliphatic rings. The van der Waals surface area contributed by atoms with E-state index in [0.717, 1.165) is 5.56 Å². The number of halogens is 2. The summed E-state index contributed by atoms with van der Waals surface area (Å²) in [6.07, 6.45) is 1.51. The van der Waals surface area contributed by atoms with Gasteiger partial charge < -0.3 is 10.5 Å². The van der Waals surface area contributed by atoms with E-state index in [1.165, 1.54) is 12.3 Å². The van der Waals surface area contributed by atoms with Crippen molar-refractivity contribution in [3.63, 3.8) is 0 Å². The normalized spacial score (nSPS) is 11.2. The van der Waals surface area contributed by atoms with Crippen LogP contribution in [0.25, 0.3) is 33.4 Å². The van der Waals surface area contributed by atoms with E-state index in [1.54, 1.807) is 6.07 Å². The van der Waals surface area contributed by atoms with Gasteiger partial charge in [0.1, 0.15) is 16.9 Å². The molecular weight excluding hydrogens is 342 g/mol. The Morgan fingerprint density at radius 2 is 1.81 bits per heavy atom. The molecule has 130 valence electrons. The number of fused-ring (bicyclic) bond motifs is 1. The summed E-state index contributed by atoms with van der Waals surface area (Å²) in [6.45, 7) is -2.97. The second-order valence-corrected chi connectivity index (χ2v) is 5.42. The number of benzene rings is 2. The monoisotopic (exact) mass is 354 g/mol. The number of alkyl halides is 2. The number of hydrogen-bond donors (Lipinski definition) is 2. The molecular formula is C17H12F2N6O. The van der Waals surface area contributed by atoms with E-state index in [-0.39, 0.29) is 11.7 Å². The lowest BCUT2D eigenvalue weighted by Gasteiger charge is -2.11. The first-order chi connectivity index (χ1) is 12.6. The molecule has 0 spiro atoms. The average molecular weight is 354 g/mol. The number of ether oxygens (including phenoxy) is 1. The van der Waals surface area contributed by atoms with Crippen LogP contribution in [0.15, 0.2) is 48.7 Å². The first kappa shape index (κ1) is 15.9. The van der Waals surface area contributed by atoms with Gasteiger partial charge >= 0.3 is 6.61 Å². The lowest BCUT2D eigenvalue weighted by atomic mass is 10.0. The highest BCUT2D eigenvalue weighted by Crippen LogP contribution is 2.35. The minimum atomic E-state index is -2.97. The summed E-state index contributed by atoms with van der Waals surface area (Å²) in [4.78, 5) is 4.27. The van der Waals surface area contributed by atoms with Gasteiger partial charge in [0.2, 0.25) is 5.95 Å². The summed E-state index contributed by atoms with van der Waals surface area (Å²) in [7, 11) is 0. The van der Waals surface area contributed by atoms with Crippen LogP contribution in [-0.4, -0.2) is 32.0 Å². The van der Waals surface area contributed by atoms with Crippen molar-refractivity contribution >= 4 is 16.9 Å². The summed E-state index contributed by atoms with van der Waals surface area (Å²) < 4.78 is 30.2. The van der Waals surface area contributed by atoms with Crippen LogP contribution >= 0.6 is 0 Å². The van der Waals surface area contributed by atoms with E-state index >= 15 is 0 Å². The Labute approximate surface area is 145 Å². The van der Waals surface area contributed by atoms with Crippen molar-refractivity contribution in [2.75, 3.05) is 5.73 Å². The summed E-state index contributed by atoms with van der Waals surface area (Å²) in [5.74, 6) is -0.0244. The van der Waals surface area contributed by atoms with Gasteiger partial charge in [-0.1, -0.05) is 30.3 Å². The van der Waals surface area contributed by atoms with Crippen LogP contribution in [0.2, 0.25) is 0 Å². The smallest absolute Gasteiger partial charge is 0.387 e. The molecule has 0 saturated heterocycles. The fraction of sp³-hybridized carbons (Fsp3) is 0.0588. The molecule has 0 amide bonds. The van der Waals surface area contributed by atoms with Gasteiger partial charge in [-0.15, -0.1) is 10.2 Å². The van der Waals surface area contributed by atoms with E-state index in [4.69, 9.17) is 5.73 Å². The quantitative estimate of drug-likeness (QED) is 0.583. The molecule has 0 bridgehead atoms. The van der Waals surface area contributed by atoms with E-state index in [2.05, 4.69) is 30.1 Å². The number of nitrogens with one attached hydrogen (secondary N) is 1. The number of nitrogen functional groups attached to an aromatic ring is 1. The number of aromatic nitrogens is 5. The van der Waals surface area contributed by atoms with Crippen molar-refractivity contribution in [1.29, 1.82) is 0 Å². The van der Waals surface area contributed by atoms with Gasteiger partial charge in [0, 0.05) is 16.5 Å². The molecule has 2 aromatic heterocycles. The molecule has 0 atom stereocenters. The van der Waals surface area contributed by atoms with Crippen molar-refractivity contribution in [3.05, 3.63) is 48.7 Å². The van der Waals surface area contributed by atoms with Gasteiger partial charge in [0.15, 0.2) is 5.75 Å². The molecule has 0 radical (unpaired) electrons.